The van der Waals surface area contributed by atoms with Gasteiger partial charge < -0.3 is 20.7 Å². The van der Waals surface area contributed by atoms with Crippen molar-refractivity contribution in [2.75, 3.05) is 6.61 Å². The third-order valence-corrected chi connectivity index (χ3v) is 4.04. The van der Waals surface area contributed by atoms with E-state index in [2.05, 4.69) is 6.92 Å². The zero-order chi connectivity index (χ0) is 17.8. The van der Waals surface area contributed by atoms with E-state index < -0.39 is 12.0 Å². The number of hydrogen-bond donors (Lipinski definition) is 3. The lowest BCUT2D eigenvalue weighted by atomic mass is 10.1. The van der Waals surface area contributed by atoms with Crippen LogP contribution in [0.2, 0.25) is 0 Å². The van der Waals surface area contributed by atoms with Crippen LogP contribution in [0, 0.1) is 0 Å². The Hall–Kier alpha value is -1.75. The minimum Gasteiger partial charge on any atom is -0.504 e. The number of phenols is 2. The molecule has 0 radical (unpaired) electrons. The predicted octanol–water partition coefficient (Wildman–Crippen LogP) is 3.65. The molecule has 0 fully saturated rings. The summed E-state index contributed by atoms with van der Waals surface area (Å²) in [6, 6.07) is 3.65. The van der Waals surface area contributed by atoms with Crippen molar-refractivity contribution in [3.63, 3.8) is 0 Å². The second-order valence-corrected chi connectivity index (χ2v) is 6.28. The van der Waals surface area contributed by atoms with Gasteiger partial charge in [-0.3, -0.25) is 4.79 Å². The minimum atomic E-state index is -0.761. The molecule has 0 aromatic heterocycles. The molecule has 1 unspecified atom stereocenters. The second kappa shape index (κ2) is 11.7. The van der Waals surface area contributed by atoms with Crippen molar-refractivity contribution in [1.29, 1.82) is 0 Å². The maximum Gasteiger partial charge on any atom is 0.323 e. The fourth-order valence-corrected chi connectivity index (χ4v) is 2.55. The zero-order valence-electron chi connectivity index (χ0n) is 14.7. The fourth-order valence-electron chi connectivity index (χ4n) is 2.55. The summed E-state index contributed by atoms with van der Waals surface area (Å²) in [5.74, 6) is -0.831. The normalized spacial score (nSPS) is 12.1. The zero-order valence-corrected chi connectivity index (χ0v) is 14.7. The van der Waals surface area contributed by atoms with Crippen LogP contribution in [0.4, 0.5) is 0 Å². The van der Waals surface area contributed by atoms with Gasteiger partial charge >= 0.3 is 5.97 Å². The minimum absolute atomic E-state index is 0.190. The van der Waals surface area contributed by atoms with Crippen LogP contribution in [-0.2, 0) is 16.0 Å². The first-order chi connectivity index (χ1) is 11.5. The van der Waals surface area contributed by atoms with Crippen LogP contribution < -0.4 is 5.73 Å². The summed E-state index contributed by atoms with van der Waals surface area (Å²) in [4.78, 5) is 11.8. The van der Waals surface area contributed by atoms with E-state index in [0.29, 0.717) is 12.2 Å². The second-order valence-electron chi connectivity index (χ2n) is 6.28. The largest absolute Gasteiger partial charge is 0.504 e. The Kier molecular flexibility index (Phi) is 9.92. The number of rotatable bonds is 12. The number of hydrogen-bond acceptors (Lipinski definition) is 5. The number of nitrogens with two attached hydrogens (primary N) is 1. The molecular formula is C19H31NO4. The molecule has 0 amide bonds. The molecule has 0 spiro atoms. The predicted molar refractivity (Wildman–Crippen MR) is 95.0 cm³/mol. The van der Waals surface area contributed by atoms with E-state index >= 15 is 0 Å². The first-order valence-electron chi connectivity index (χ1n) is 8.97. The highest BCUT2D eigenvalue weighted by Gasteiger charge is 2.16. The van der Waals surface area contributed by atoms with Crippen molar-refractivity contribution < 1.29 is 19.7 Å². The van der Waals surface area contributed by atoms with Crippen LogP contribution >= 0.6 is 0 Å². The van der Waals surface area contributed by atoms with Gasteiger partial charge in [-0.2, -0.15) is 0 Å². The van der Waals surface area contributed by atoms with Gasteiger partial charge in [0.2, 0.25) is 0 Å². The highest BCUT2D eigenvalue weighted by atomic mass is 16.5. The molecule has 5 nitrogen and oxygen atoms in total. The number of carbonyl (C=O) groups is 1. The smallest absolute Gasteiger partial charge is 0.323 e. The molecule has 24 heavy (non-hydrogen) atoms. The summed E-state index contributed by atoms with van der Waals surface area (Å²) in [5, 5.41) is 18.7. The van der Waals surface area contributed by atoms with Crippen LogP contribution in [0.5, 0.6) is 11.5 Å². The molecule has 0 aliphatic carbocycles. The fraction of sp³-hybridized carbons (Fsp3) is 0.632. The van der Waals surface area contributed by atoms with E-state index in [4.69, 9.17) is 10.5 Å². The Labute approximate surface area is 144 Å². The lowest BCUT2D eigenvalue weighted by Crippen LogP contribution is -2.34. The number of carbonyl (C=O) groups excluding carboxylic acids is 1. The summed E-state index contributed by atoms with van der Waals surface area (Å²) in [5.41, 5.74) is 6.51. The van der Waals surface area contributed by atoms with Gasteiger partial charge in [0, 0.05) is 0 Å². The van der Waals surface area contributed by atoms with Crippen molar-refractivity contribution in [3.05, 3.63) is 23.8 Å². The lowest BCUT2D eigenvalue weighted by Gasteiger charge is -2.12. The number of phenolic OH excluding ortho intramolecular Hbond substituents is 2. The van der Waals surface area contributed by atoms with E-state index in [-0.39, 0.29) is 17.9 Å². The maximum atomic E-state index is 11.8. The Morgan fingerprint density at radius 3 is 2.29 bits per heavy atom. The molecule has 0 saturated carbocycles. The molecule has 0 aliphatic rings. The van der Waals surface area contributed by atoms with Gasteiger partial charge in [-0.15, -0.1) is 0 Å². The van der Waals surface area contributed by atoms with Crippen molar-refractivity contribution >= 4 is 5.97 Å². The van der Waals surface area contributed by atoms with Gasteiger partial charge in [-0.1, -0.05) is 57.9 Å². The van der Waals surface area contributed by atoms with Gasteiger partial charge in [-0.25, -0.2) is 0 Å². The van der Waals surface area contributed by atoms with E-state index in [9.17, 15) is 15.0 Å². The molecule has 1 atom stereocenters. The molecule has 1 rings (SSSR count). The average molecular weight is 337 g/mol. The van der Waals surface area contributed by atoms with Crippen molar-refractivity contribution in [3.8, 4) is 11.5 Å². The van der Waals surface area contributed by atoms with Gasteiger partial charge in [0.1, 0.15) is 6.04 Å². The van der Waals surface area contributed by atoms with Crippen LogP contribution in [-0.4, -0.2) is 28.8 Å². The molecule has 4 N–H and O–H groups in total. The van der Waals surface area contributed by atoms with Crippen LogP contribution in [0.15, 0.2) is 18.2 Å². The maximum absolute atomic E-state index is 11.8. The number of aromatic hydroxyl groups is 2. The average Bonchev–Trinajstić information content (AvgIpc) is 2.56. The van der Waals surface area contributed by atoms with E-state index in [1.165, 1.54) is 50.7 Å². The first kappa shape index (κ1) is 20.3. The third kappa shape index (κ3) is 8.20. The summed E-state index contributed by atoms with van der Waals surface area (Å²) in [7, 11) is 0. The van der Waals surface area contributed by atoms with Gasteiger partial charge in [-0.05, 0) is 30.5 Å². The number of unbranched alkanes of at least 4 members (excludes halogenated alkanes) is 7. The van der Waals surface area contributed by atoms with E-state index in [0.717, 1.165) is 12.8 Å². The Morgan fingerprint density at radius 1 is 1.04 bits per heavy atom. The molecule has 0 bridgehead atoms. The van der Waals surface area contributed by atoms with Crippen molar-refractivity contribution in [2.45, 2.75) is 70.8 Å². The summed E-state index contributed by atoms with van der Waals surface area (Å²) in [6.07, 6.45) is 9.81. The van der Waals surface area contributed by atoms with E-state index in [1.807, 2.05) is 0 Å². The van der Waals surface area contributed by atoms with Gasteiger partial charge in [0.25, 0.3) is 0 Å². The standard InChI is InChI=1S/C19H31NO4/c1-2-3-4-5-6-7-8-9-12-24-19(23)16(20)13-15-10-11-17(21)18(22)14-15/h10-11,14,16,21-22H,2-9,12-13,20H2,1H3. The highest BCUT2D eigenvalue weighted by molar-refractivity contribution is 5.75. The first-order valence-corrected chi connectivity index (χ1v) is 8.97. The van der Waals surface area contributed by atoms with Crippen LogP contribution in [0.25, 0.3) is 0 Å². The van der Waals surface area contributed by atoms with Crippen molar-refractivity contribution in [2.24, 2.45) is 5.73 Å². The molecule has 0 aliphatic heterocycles. The molecule has 0 saturated heterocycles. The Morgan fingerprint density at radius 2 is 1.67 bits per heavy atom. The molecular weight excluding hydrogens is 306 g/mol. The molecule has 1 aromatic rings. The lowest BCUT2D eigenvalue weighted by molar-refractivity contribution is -0.145. The monoisotopic (exact) mass is 337 g/mol. The third-order valence-electron chi connectivity index (χ3n) is 4.04. The topological polar surface area (TPSA) is 92.8 Å². The van der Waals surface area contributed by atoms with Crippen molar-refractivity contribution in [1.82, 2.24) is 0 Å². The Balaban J connectivity index is 2.12. The van der Waals surface area contributed by atoms with Gasteiger partial charge in [0.15, 0.2) is 11.5 Å². The van der Waals surface area contributed by atoms with Crippen LogP contribution in [0.3, 0.4) is 0 Å². The summed E-state index contributed by atoms with van der Waals surface area (Å²) >= 11 is 0. The van der Waals surface area contributed by atoms with Crippen LogP contribution in [0.1, 0.15) is 63.9 Å². The summed E-state index contributed by atoms with van der Waals surface area (Å²) in [6.45, 7) is 2.62. The number of benzene rings is 1. The van der Waals surface area contributed by atoms with Gasteiger partial charge in [0.05, 0.1) is 6.61 Å². The van der Waals surface area contributed by atoms with E-state index in [1.54, 1.807) is 6.07 Å². The highest BCUT2D eigenvalue weighted by Crippen LogP contribution is 2.25. The molecule has 0 heterocycles. The number of ether oxygens (including phenoxy) is 1. The molecule has 5 heteroatoms. The number of esters is 1. The quantitative estimate of drug-likeness (QED) is 0.307. The SMILES string of the molecule is CCCCCCCCCCOC(=O)C(N)Cc1ccc(O)c(O)c1. The molecule has 136 valence electrons. The Bertz CT molecular complexity index is 490. The summed E-state index contributed by atoms with van der Waals surface area (Å²) < 4.78 is 5.20. The molecule has 1 aromatic carbocycles.